The second kappa shape index (κ2) is 5.75. The third-order valence-electron chi connectivity index (χ3n) is 2.53. The van der Waals surface area contributed by atoms with Crippen LogP contribution in [0.2, 0.25) is 5.02 Å². The number of carboxylic acid groups (broad SMARTS) is 1. The summed E-state index contributed by atoms with van der Waals surface area (Å²) < 4.78 is 5.05. The molecule has 0 aliphatic carbocycles. The molecule has 1 N–H and O–H groups in total. The van der Waals surface area contributed by atoms with E-state index < -0.39 is 5.97 Å². The van der Waals surface area contributed by atoms with Crippen molar-refractivity contribution in [2.24, 2.45) is 0 Å². The normalized spacial score (nSPS) is 12.2. The molecule has 1 aromatic carbocycles. The zero-order valence-electron chi connectivity index (χ0n) is 9.37. The Hall–Kier alpha value is -1.22. The van der Waals surface area contributed by atoms with Crippen LogP contribution in [-0.2, 0) is 4.79 Å². The van der Waals surface area contributed by atoms with Crippen molar-refractivity contribution in [2.45, 2.75) is 25.7 Å². The fraction of sp³-hybridized carbons (Fsp3) is 0.417. The van der Waals surface area contributed by atoms with Crippen molar-refractivity contribution < 1.29 is 14.6 Å². The van der Waals surface area contributed by atoms with Crippen molar-refractivity contribution in [1.82, 2.24) is 0 Å². The lowest BCUT2D eigenvalue weighted by Gasteiger charge is -2.13. The van der Waals surface area contributed by atoms with E-state index in [9.17, 15) is 4.79 Å². The maximum atomic E-state index is 10.5. The zero-order chi connectivity index (χ0) is 12.1. The van der Waals surface area contributed by atoms with E-state index >= 15 is 0 Å². The fourth-order valence-electron chi connectivity index (χ4n) is 1.53. The standard InChI is InChI=1S/C12H15ClO3/c1-8(3-6-12(14)15)10-5-4-9(16-2)7-11(10)13/h4-5,7-8H,3,6H2,1-2H3,(H,14,15). The molecule has 3 nitrogen and oxygen atoms in total. The number of benzene rings is 1. The van der Waals surface area contributed by atoms with E-state index in [0.717, 1.165) is 5.56 Å². The van der Waals surface area contributed by atoms with Crippen LogP contribution in [-0.4, -0.2) is 18.2 Å². The molecule has 0 saturated carbocycles. The SMILES string of the molecule is COc1ccc(C(C)CCC(=O)O)c(Cl)c1. The highest BCUT2D eigenvalue weighted by Crippen LogP contribution is 2.30. The van der Waals surface area contributed by atoms with Gasteiger partial charge >= 0.3 is 5.97 Å². The maximum absolute atomic E-state index is 10.5. The van der Waals surface area contributed by atoms with Gasteiger partial charge in [0.25, 0.3) is 0 Å². The Kier molecular flexibility index (Phi) is 4.62. The molecule has 0 fully saturated rings. The molecule has 1 atom stereocenters. The van der Waals surface area contributed by atoms with Crippen LogP contribution in [0.4, 0.5) is 0 Å². The van der Waals surface area contributed by atoms with Crippen LogP contribution in [0.1, 0.15) is 31.2 Å². The maximum Gasteiger partial charge on any atom is 0.303 e. The van der Waals surface area contributed by atoms with Crippen molar-refractivity contribution in [3.05, 3.63) is 28.8 Å². The molecule has 1 rings (SSSR count). The van der Waals surface area contributed by atoms with Gasteiger partial charge in [-0.25, -0.2) is 0 Å². The van der Waals surface area contributed by atoms with Crippen LogP contribution < -0.4 is 4.74 Å². The van der Waals surface area contributed by atoms with Crippen LogP contribution in [0.25, 0.3) is 0 Å². The Morgan fingerprint density at radius 2 is 2.25 bits per heavy atom. The molecule has 1 aromatic rings. The van der Waals surface area contributed by atoms with E-state index in [4.69, 9.17) is 21.4 Å². The third-order valence-corrected chi connectivity index (χ3v) is 2.86. The van der Waals surface area contributed by atoms with Gasteiger partial charge in [0, 0.05) is 11.4 Å². The van der Waals surface area contributed by atoms with Gasteiger partial charge in [0.15, 0.2) is 0 Å². The Balaban J connectivity index is 2.75. The molecular weight excluding hydrogens is 228 g/mol. The van der Waals surface area contributed by atoms with Crippen LogP contribution in [0.15, 0.2) is 18.2 Å². The summed E-state index contributed by atoms with van der Waals surface area (Å²) in [5.74, 6) is 0.0603. The van der Waals surface area contributed by atoms with Crippen molar-refractivity contribution in [3.63, 3.8) is 0 Å². The van der Waals surface area contributed by atoms with Crippen molar-refractivity contribution in [1.29, 1.82) is 0 Å². The van der Waals surface area contributed by atoms with Gasteiger partial charge in [-0.15, -0.1) is 0 Å². The topological polar surface area (TPSA) is 46.5 Å². The molecule has 0 amide bonds. The summed E-state index contributed by atoms with van der Waals surface area (Å²) in [5.41, 5.74) is 0.962. The van der Waals surface area contributed by atoms with Crippen molar-refractivity contribution in [3.8, 4) is 5.75 Å². The summed E-state index contributed by atoms with van der Waals surface area (Å²) in [7, 11) is 1.58. The minimum absolute atomic E-state index is 0.134. The summed E-state index contributed by atoms with van der Waals surface area (Å²) >= 11 is 6.09. The molecule has 0 aliphatic heterocycles. The minimum Gasteiger partial charge on any atom is -0.497 e. The van der Waals surface area contributed by atoms with Crippen molar-refractivity contribution >= 4 is 17.6 Å². The van der Waals surface area contributed by atoms with E-state index in [1.807, 2.05) is 19.1 Å². The number of carboxylic acids is 1. The highest BCUT2D eigenvalue weighted by atomic mass is 35.5. The summed E-state index contributed by atoms with van der Waals surface area (Å²) in [5, 5.41) is 9.23. The molecule has 0 spiro atoms. The van der Waals surface area contributed by atoms with Gasteiger partial charge in [0.2, 0.25) is 0 Å². The lowest BCUT2D eigenvalue weighted by Crippen LogP contribution is -2.00. The Morgan fingerprint density at radius 3 is 2.75 bits per heavy atom. The lowest BCUT2D eigenvalue weighted by atomic mass is 9.96. The number of carbonyl (C=O) groups is 1. The van der Waals surface area contributed by atoms with E-state index in [0.29, 0.717) is 17.2 Å². The Morgan fingerprint density at radius 1 is 1.56 bits per heavy atom. The highest BCUT2D eigenvalue weighted by molar-refractivity contribution is 6.31. The summed E-state index contributed by atoms with van der Waals surface area (Å²) in [4.78, 5) is 10.5. The second-order valence-corrected chi connectivity index (χ2v) is 4.13. The number of halogens is 1. The molecule has 0 aliphatic rings. The average Bonchev–Trinajstić information content (AvgIpc) is 2.25. The number of methoxy groups -OCH3 is 1. The predicted octanol–water partition coefficient (Wildman–Crippen LogP) is 3.32. The van der Waals surface area contributed by atoms with E-state index in [2.05, 4.69) is 0 Å². The van der Waals surface area contributed by atoms with Gasteiger partial charge in [0.1, 0.15) is 5.75 Å². The number of hydrogen-bond donors (Lipinski definition) is 1. The summed E-state index contributed by atoms with van der Waals surface area (Å²) in [6.45, 7) is 1.97. The summed E-state index contributed by atoms with van der Waals surface area (Å²) in [6, 6.07) is 5.46. The summed E-state index contributed by atoms with van der Waals surface area (Å²) in [6.07, 6.45) is 0.741. The van der Waals surface area contributed by atoms with Crippen LogP contribution in [0.5, 0.6) is 5.75 Å². The van der Waals surface area contributed by atoms with Crippen molar-refractivity contribution in [2.75, 3.05) is 7.11 Å². The number of hydrogen-bond acceptors (Lipinski definition) is 2. The quantitative estimate of drug-likeness (QED) is 0.862. The van der Waals surface area contributed by atoms with E-state index in [1.165, 1.54) is 0 Å². The predicted molar refractivity (Wildman–Crippen MR) is 63.3 cm³/mol. The number of rotatable bonds is 5. The molecule has 1 unspecified atom stereocenters. The molecule has 0 heterocycles. The first-order chi connectivity index (χ1) is 7.54. The number of aliphatic carboxylic acids is 1. The van der Waals surface area contributed by atoms with Gasteiger partial charge < -0.3 is 9.84 Å². The molecular formula is C12H15ClO3. The Labute approximate surface area is 100.0 Å². The molecule has 16 heavy (non-hydrogen) atoms. The molecule has 0 bridgehead atoms. The van der Waals surface area contributed by atoms with Gasteiger partial charge in [-0.05, 0) is 30.0 Å². The molecule has 0 saturated heterocycles. The second-order valence-electron chi connectivity index (χ2n) is 3.72. The van der Waals surface area contributed by atoms with Crippen LogP contribution in [0, 0.1) is 0 Å². The molecule has 4 heteroatoms. The van der Waals surface area contributed by atoms with Gasteiger partial charge in [0.05, 0.1) is 7.11 Å². The Bertz CT molecular complexity index is 377. The van der Waals surface area contributed by atoms with Crippen LogP contribution in [0.3, 0.4) is 0 Å². The van der Waals surface area contributed by atoms with Gasteiger partial charge in [-0.3, -0.25) is 4.79 Å². The largest absolute Gasteiger partial charge is 0.497 e. The number of ether oxygens (including phenoxy) is 1. The first kappa shape index (κ1) is 12.8. The van der Waals surface area contributed by atoms with E-state index in [-0.39, 0.29) is 12.3 Å². The lowest BCUT2D eigenvalue weighted by molar-refractivity contribution is -0.137. The zero-order valence-corrected chi connectivity index (χ0v) is 10.1. The van der Waals surface area contributed by atoms with Crippen LogP contribution >= 0.6 is 11.6 Å². The van der Waals surface area contributed by atoms with E-state index in [1.54, 1.807) is 13.2 Å². The smallest absolute Gasteiger partial charge is 0.303 e. The van der Waals surface area contributed by atoms with Gasteiger partial charge in [-0.1, -0.05) is 24.6 Å². The average molecular weight is 243 g/mol. The molecule has 0 aromatic heterocycles. The monoisotopic (exact) mass is 242 g/mol. The highest BCUT2D eigenvalue weighted by Gasteiger charge is 2.12. The van der Waals surface area contributed by atoms with Gasteiger partial charge in [-0.2, -0.15) is 0 Å². The molecule has 0 radical (unpaired) electrons. The first-order valence-corrected chi connectivity index (χ1v) is 5.47. The molecule has 88 valence electrons. The minimum atomic E-state index is -0.781. The fourth-order valence-corrected chi connectivity index (χ4v) is 1.89. The first-order valence-electron chi connectivity index (χ1n) is 5.09. The third kappa shape index (κ3) is 3.42.